The van der Waals surface area contributed by atoms with E-state index < -0.39 is 0 Å². The molecule has 112 valence electrons. The summed E-state index contributed by atoms with van der Waals surface area (Å²) in [7, 11) is 0. The minimum Gasteiger partial charge on any atom is -0.309 e. The fraction of sp³-hybridized carbons (Fsp3) is 0.353. The smallest absolute Gasteiger partial charge is 0.128 e. The summed E-state index contributed by atoms with van der Waals surface area (Å²) < 4.78 is 14.2. The Morgan fingerprint density at radius 2 is 2.10 bits per heavy atom. The normalized spacial score (nSPS) is 13.9. The largest absolute Gasteiger partial charge is 0.309 e. The van der Waals surface area contributed by atoms with E-state index in [1.165, 1.54) is 6.07 Å². The van der Waals surface area contributed by atoms with E-state index in [4.69, 9.17) is 11.6 Å². The highest BCUT2D eigenvalue weighted by atomic mass is 35.5. The molecule has 0 saturated heterocycles. The molecule has 1 heterocycles. The van der Waals surface area contributed by atoms with Gasteiger partial charge < -0.3 is 5.32 Å². The molecule has 0 amide bonds. The standard InChI is InChI=1S/C17H20ClFN2/c1-3-9-21-17(12(2)16-6-4-5-10-20-16)14-11-13(18)7-8-15(14)19/h4-8,10-12,17,21H,3,9H2,1-2H3. The molecule has 2 aromatic rings. The maximum atomic E-state index is 14.2. The van der Waals surface area contributed by atoms with Crippen molar-refractivity contribution >= 4 is 11.6 Å². The van der Waals surface area contributed by atoms with Crippen molar-refractivity contribution in [1.82, 2.24) is 10.3 Å². The molecule has 1 aromatic heterocycles. The Bertz CT molecular complexity index is 574. The molecule has 2 rings (SSSR count). The molecule has 0 bridgehead atoms. The van der Waals surface area contributed by atoms with Gasteiger partial charge in [-0.2, -0.15) is 0 Å². The molecule has 1 N–H and O–H groups in total. The monoisotopic (exact) mass is 306 g/mol. The molecule has 0 aliphatic carbocycles. The Hall–Kier alpha value is -1.45. The van der Waals surface area contributed by atoms with Crippen molar-refractivity contribution in [3.8, 4) is 0 Å². The highest BCUT2D eigenvalue weighted by molar-refractivity contribution is 6.30. The Balaban J connectivity index is 2.36. The lowest BCUT2D eigenvalue weighted by molar-refractivity contribution is 0.440. The van der Waals surface area contributed by atoms with Gasteiger partial charge in [0.1, 0.15) is 5.82 Å². The second-order valence-corrected chi connectivity index (χ2v) is 5.58. The minimum absolute atomic E-state index is 0.0470. The van der Waals surface area contributed by atoms with Crippen molar-refractivity contribution in [3.05, 3.63) is 64.7 Å². The van der Waals surface area contributed by atoms with Crippen LogP contribution in [-0.4, -0.2) is 11.5 Å². The highest BCUT2D eigenvalue weighted by Gasteiger charge is 2.24. The summed E-state index contributed by atoms with van der Waals surface area (Å²) in [6.45, 7) is 4.95. The number of pyridine rings is 1. The van der Waals surface area contributed by atoms with Crippen molar-refractivity contribution in [2.45, 2.75) is 32.2 Å². The molecule has 0 aliphatic rings. The average Bonchev–Trinajstić information content (AvgIpc) is 2.51. The van der Waals surface area contributed by atoms with E-state index in [1.54, 1.807) is 18.3 Å². The molecule has 0 fully saturated rings. The van der Waals surface area contributed by atoms with Gasteiger partial charge in [-0.1, -0.05) is 31.5 Å². The molecule has 2 atom stereocenters. The quantitative estimate of drug-likeness (QED) is 0.835. The highest BCUT2D eigenvalue weighted by Crippen LogP contribution is 2.32. The molecule has 0 spiro atoms. The maximum Gasteiger partial charge on any atom is 0.128 e. The van der Waals surface area contributed by atoms with Crippen LogP contribution < -0.4 is 5.32 Å². The molecular weight excluding hydrogens is 287 g/mol. The topological polar surface area (TPSA) is 24.9 Å². The third kappa shape index (κ3) is 4.02. The number of nitrogens with one attached hydrogen (secondary N) is 1. The molecular formula is C17H20ClFN2. The maximum absolute atomic E-state index is 14.2. The van der Waals surface area contributed by atoms with Crippen LogP contribution in [0.25, 0.3) is 0 Å². The molecule has 4 heteroatoms. The van der Waals surface area contributed by atoms with Crippen molar-refractivity contribution in [2.75, 3.05) is 6.54 Å². The van der Waals surface area contributed by atoms with Crippen LogP contribution in [0.1, 0.15) is 43.5 Å². The van der Waals surface area contributed by atoms with Gasteiger partial charge >= 0.3 is 0 Å². The number of halogens is 2. The summed E-state index contributed by atoms with van der Waals surface area (Å²) >= 11 is 6.04. The van der Waals surface area contributed by atoms with Gasteiger partial charge in [-0.15, -0.1) is 0 Å². The average molecular weight is 307 g/mol. The van der Waals surface area contributed by atoms with Crippen LogP contribution in [0.5, 0.6) is 0 Å². The molecule has 21 heavy (non-hydrogen) atoms. The Labute approximate surface area is 130 Å². The number of aromatic nitrogens is 1. The molecule has 1 aromatic carbocycles. The van der Waals surface area contributed by atoms with Crippen LogP contribution in [0.3, 0.4) is 0 Å². The van der Waals surface area contributed by atoms with E-state index in [1.807, 2.05) is 18.2 Å². The number of nitrogens with zero attached hydrogens (tertiary/aromatic N) is 1. The van der Waals surface area contributed by atoms with E-state index in [-0.39, 0.29) is 17.8 Å². The number of benzene rings is 1. The predicted molar refractivity (Wildman–Crippen MR) is 85.1 cm³/mol. The Kier molecular flexibility index (Phi) is 5.71. The van der Waals surface area contributed by atoms with E-state index in [9.17, 15) is 4.39 Å². The summed E-state index contributed by atoms with van der Waals surface area (Å²) in [5.74, 6) is -0.193. The van der Waals surface area contributed by atoms with Gasteiger partial charge in [-0.05, 0) is 43.3 Å². The zero-order valence-corrected chi connectivity index (χ0v) is 13.1. The fourth-order valence-electron chi connectivity index (χ4n) is 2.42. The van der Waals surface area contributed by atoms with Gasteiger partial charge in [0.15, 0.2) is 0 Å². The van der Waals surface area contributed by atoms with Crippen LogP contribution in [-0.2, 0) is 0 Å². The van der Waals surface area contributed by atoms with Gasteiger partial charge in [0, 0.05) is 34.4 Å². The number of rotatable bonds is 6. The van der Waals surface area contributed by atoms with Crippen molar-refractivity contribution < 1.29 is 4.39 Å². The third-order valence-corrected chi connectivity index (χ3v) is 3.80. The summed E-state index contributed by atoms with van der Waals surface area (Å²) in [6, 6.07) is 10.3. The zero-order chi connectivity index (χ0) is 15.2. The van der Waals surface area contributed by atoms with Crippen molar-refractivity contribution in [1.29, 1.82) is 0 Å². The van der Waals surface area contributed by atoms with Gasteiger partial charge in [0.2, 0.25) is 0 Å². The third-order valence-electron chi connectivity index (χ3n) is 3.56. The van der Waals surface area contributed by atoms with Crippen molar-refractivity contribution in [3.63, 3.8) is 0 Å². The van der Waals surface area contributed by atoms with Crippen LogP contribution in [0.4, 0.5) is 4.39 Å². The number of hydrogen-bond acceptors (Lipinski definition) is 2. The van der Waals surface area contributed by atoms with Crippen molar-refractivity contribution in [2.24, 2.45) is 0 Å². The number of hydrogen-bond donors (Lipinski definition) is 1. The first kappa shape index (κ1) is 15.9. The summed E-state index contributed by atoms with van der Waals surface area (Å²) in [5.41, 5.74) is 1.53. The van der Waals surface area contributed by atoms with Crippen LogP contribution in [0.15, 0.2) is 42.6 Å². The molecule has 2 nitrogen and oxygen atoms in total. The lowest BCUT2D eigenvalue weighted by atomic mass is 9.91. The first-order valence-electron chi connectivity index (χ1n) is 7.22. The van der Waals surface area contributed by atoms with E-state index >= 15 is 0 Å². The lowest BCUT2D eigenvalue weighted by Gasteiger charge is -2.26. The van der Waals surface area contributed by atoms with Crippen LogP contribution in [0, 0.1) is 5.82 Å². The second kappa shape index (κ2) is 7.53. The van der Waals surface area contributed by atoms with Crippen LogP contribution in [0.2, 0.25) is 5.02 Å². The van der Waals surface area contributed by atoms with Gasteiger partial charge in [0.25, 0.3) is 0 Å². The van der Waals surface area contributed by atoms with Gasteiger partial charge in [0.05, 0.1) is 0 Å². The SMILES string of the molecule is CCCNC(c1cc(Cl)ccc1F)C(C)c1ccccn1. The fourth-order valence-corrected chi connectivity index (χ4v) is 2.61. The minimum atomic E-state index is -0.240. The summed E-state index contributed by atoms with van der Waals surface area (Å²) in [6.07, 6.45) is 2.74. The molecule has 2 unspecified atom stereocenters. The summed E-state index contributed by atoms with van der Waals surface area (Å²) in [5, 5.41) is 3.96. The molecule has 0 aliphatic heterocycles. The Morgan fingerprint density at radius 1 is 1.29 bits per heavy atom. The first-order chi connectivity index (χ1) is 10.1. The zero-order valence-electron chi connectivity index (χ0n) is 12.3. The van der Waals surface area contributed by atoms with E-state index in [0.717, 1.165) is 18.7 Å². The first-order valence-corrected chi connectivity index (χ1v) is 7.60. The van der Waals surface area contributed by atoms with Gasteiger partial charge in [-0.3, -0.25) is 4.98 Å². The predicted octanol–water partition coefficient (Wildman–Crippen LogP) is 4.72. The van der Waals surface area contributed by atoms with E-state index in [2.05, 4.69) is 24.1 Å². The van der Waals surface area contributed by atoms with E-state index in [0.29, 0.717) is 10.6 Å². The Morgan fingerprint density at radius 3 is 2.76 bits per heavy atom. The summed E-state index contributed by atoms with van der Waals surface area (Å²) in [4.78, 5) is 4.39. The van der Waals surface area contributed by atoms with Gasteiger partial charge in [-0.25, -0.2) is 4.39 Å². The lowest BCUT2D eigenvalue weighted by Crippen LogP contribution is -2.28. The molecule has 0 saturated carbocycles. The van der Waals surface area contributed by atoms with Crippen LogP contribution >= 0.6 is 11.6 Å². The molecule has 0 radical (unpaired) electrons. The second-order valence-electron chi connectivity index (χ2n) is 5.14.